The summed E-state index contributed by atoms with van der Waals surface area (Å²) in [7, 11) is 1.37. The number of carbonyl (C=O) groups is 2. The molecule has 0 aliphatic heterocycles. The van der Waals surface area contributed by atoms with E-state index in [1.54, 1.807) is 36.5 Å². The third-order valence-corrected chi connectivity index (χ3v) is 4.95. The number of benzene rings is 2. The predicted octanol–water partition coefficient (Wildman–Crippen LogP) is 6.75. The first-order valence-corrected chi connectivity index (χ1v) is 10.3. The van der Waals surface area contributed by atoms with Crippen LogP contribution in [0.5, 0.6) is 0 Å². The highest BCUT2D eigenvalue weighted by molar-refractivity contribution is 5.93. The van der Waals surface area contributed by atoms with Gasteiger partial charge in [-0.2, -0.15) is 13.2 Å². The number of halogens is 7. The Kier molecular flexibility index (Phi) is 10.5. The molecule has 1 fully saturated rings. The van der Waals surface area contributed by atoms with Crippen molar-refractivity contribution in [3.05, 3.63) is 64.7 Å². The van der Waals surface area contributed by atoms with Crippen molar-refractivity contribution in [2.45, 2.75) is 39.8 Å². The zero-order valence-electron chi connectivity index (χ0n) is 18.8. The Labute approximate surface area is 192 Å². The largest absolute Gasteiger partial charge is 0.465 e. The first kappa shape index (κ1) is 28.9. The van der Waals surface area contributed by atoms with Crippen molar-refractivity contribution in [2.75, 3.05) is 12.4 Å². The van der Waals surface area contributed by atoms with Crippen LogP contribution < -0.4 is 5.32 Å². The molecule has 1 saturated carbocycles. The average molecular weight is 495 g/mol. The Morgan fingerprint density at radius 3 is 1.76 bits per heavy atom. The van der Waals surface area contributed by atoms with E-state index in [2.05, 4.69) is 4.74 Å². The maximum absolute atomic E-state index is 13.6. The number of hydrogen-bond donors (Lipinski definition) is 1. The highest BCUT2D eigenvalue weighted by atomic mass is 19.4. The SMILES string of the molecule is CC.CC1CCC1C(=O)Nc1c(F)c(F)c(C(F)(F)F)c(F)c1F.COC(=O)c1ccccc1. The van der Waals surface area contributed by atoms with E-state index in [-0.39, 0.29) is 11.9 Å². The maximum atomic E-state index is 13.6. The Morgan fingerprint density at radius 2 is 1.41 bits per heavy atom. The van der Waals surface area contributed by atoms with Gasteiger partial charge in [-0.15, -0.1) is 0 Å². The smallest absolute Gasteiger partial charge is 0.422 e. The molecule has 1 aliphatic carbocycles. The monoisotopic (exact) mass is 495 g/mol. The van der Waals surface area contributed by atoms with Crippen LogP contribution in [0.3, 0.4) is 0 Å². The minimum atomic E-state index is -5.61. The van der Waals surface area contributed by atoms with Gasteiger partial charge >= 0.3 is 12.1 Å². The van der Waals surface area contributed by atoms with Gasteiger partial charge < -0.3 is 10.1 Å². The minimum Gasteiger partial charge on any atom is -0.465 e. The second-order valence-corrected chi connectivity index (χ2v) is 7.01. The number of hydrogen-bond acceptors (Lipinski definition) is 3. The van der Waals surface area contributed by atoms with Gasteiger partial charge in [0, 0.05) is 5.92 Å². The Bertz CT molecular complexity index is 965. The van der Waals surface area contributed by atoms with E-state index in [1.165, 1.54) is 7.11 Å². The molecule has 0 spiro atoms. The van der Waals surface area contributed by atoms with Crippen LogP contribution in [0.25, 0.3) is 0 Å². The quantitative estimate of drug-likeness (QED) is 0.291. The highest BCUT2D eigenvalue weighted by Gasteiger charge is 2.43. The van der Waals surface area contributed by atoms with Crippen molar-refractivity contribution >= 4 is 17.6 Å². The van der Waals surface area contributed by atoms with Crippen LogP contribution in [0.2, 0.25) is 0 Å². The van der Waals surface area contributed by atoms with Crippen LogP contribution in [0.1, 0.15) is 49.5 Å². The molecule has 0 bridgehead atoms. The lowest BCUT2D eigenvalue weighted by atomic mass is 9.74. The topological polar surface area (TPSA) is 55.4 Å². The molecular formula is C23H24F7NO3. The van der Waals surface area contributed by atoms with Crippen LogP contribution in [-0.4, -0.2) is 19.0 Å². The fraction of sp³-hybridized carbons (Fsp3) is 0.391. The van der Waals surface area contributed by atoms with Crippen molar-refractivity contribution in [2.24, 2.45) is 11.8 Å². The zero-order chi connectivity index (χ0) is 26.2. The van der Waals surface area contributed by atoms with Crippen molar-refractivity contribution in [3.8, 4) is 0 Å². The lowest BCUT2D eigenvalue weighted by Crippen LogP contribution is -2.35. The van der Waals surface area contributed by atoms with E-state index in [1.807, 2.05) is 19.9 Å². The van der Waals surface area contributed by atoms with Crippen molar-refractivity contribution in [1.82, 2.24) is 0 Å². The van der Waals surface area contributed by atoms with Gasteiger partial charge in [-0.25, -0.2) is 22.4 Å². The molecule has 188 valence electrons. The van der Waals surface area contributed by atoms with Gasteiger partial charge in [-0.3, -0.25) is 4.79 Å². The fourth-order valence-electron chi connectivity index (χ4n) is 2.95. The third kappa shape index (κ3) is 6.71. The normalized spacial score (nSPS) is 16.7. The Morgan fingerprint density at radius 1 is 0.912 bits per heavy atom. The molecule has 2 aromatic carbocycles. The fourth-order valence-corrected chi connectivity index (χ4v) is 2.95. The summed E-state index contributed by atoms with van der Waals surface area (Å²) in [6, 6.07) is 8.88. The van der Waals surface area contributed by atoms with Crippen LogP contribution >= 0.6 is 0 Å². The minimum absolute atomic E-state index is 0.0877. The van der Waals surface area contributed by atoms with Gasteiger partial charge in [0.1, 0.15) is 11.3 Å². The molecule has 1 N–H and O–H groups in total. The second-order valence-electron chi connectivity index (χ2n) is 7.01. The number of rotatable bonds is 3. The molecule has 0 heterocycles. The predicted molar refractivity (Wildman–Crippen MR) is 111 cm³/mol. The zero-order valence-corrected chi connectivity index (χ0v) is 18.8. The van der Waals surface area contributed by atoms with E-state index in [9.17, 15) is 40.3 Å². The van der Waals surface area contributed by atoms with E-state index < -0.39 is 52.5 Å². The second kappa shape index (κ2) is 12.4. The number of esters is 1. The Hall–Kier alpha value is -3.11. The standard InChI is InChI=1S/C13H10F7NO.C8H8O2.C2H6/c1-4-2-3-5(4)12(22)21-11-9(16)7(14)6(13(18,19)20)8(15)10(11)17;1-10-8(9)7-5-3-2-4-6-7;1-2/h4-5H,2-3H2,1H3,(H,21,22);2-6H,1H3;1-2H3. The number of amides is 1. The summed E-state index contributed by atoms with van der Waals surface area (Å²) in [6.45, 7) is 5.69. The summed E-state index contributed by atoms with van der Waals surface area (Å²) in [5.41, 5.74) is -3.63. The highest BCUT2D eigenvalue weighted by Crippen LogP contribution is 2.39. The molecule has 1 aliphatic rings. The summed E-state index contributed by atoms with van der Waals surface area (Å²) in [4.78, 5) is 22.5. The number of nitrogens with one attached hydrogen (secondary N) is 1. The summed E-state index contributed by atoms with van der Waals surface area (Å²) in [5.74, 6) is -11.6. The molecule has 2 aromatic rings. The number of methoxy groups -OCH3 is 1. The van der Waals surface area contributed by atoms with E-state index in [4.69, 9.17) is 0 Å². The van der Waals surface area contributed by atoms with E-state index in [0.717, 1.165) is 0 Å². The molecule has 11 heteroatoms. The van der Waals surface area contributed by atoms with Crippen molar-refractivity contribution in [3.63, 3.8) is 0 Å². The van der Waals surface area contributed by atoms with Gasteiger partial charge in [0.15, 0.2) is 23.3 Å². The van der Waals surface area contributed by atoms with Gasteiger partial charge in [0.25, 0.3) is 0 Å². The van der Waals surface area contributed by atoms with Crippen LogP contribution in [0, 0.1) is 35.1 Å². The molecule has 2 unspecified atom stereocenters. The van der Waals surface area contributed by atoms with Gasteiger partial charge in [0.05, 0.1) is 12.7 Å². The number of carbonyl (C=O) groups excluding carboxylic acids is 2. The maximum Gasteiger partial charge on any atom is 0.422 e. The lowest BCUT2D eigenvalue weighted by molar-refractivity contribution is -0.143. The number of ether oxygens (including phenoxy) is 1. The van der Waals surface area contributed by atoms with Crippen LogP contribution in [0.15, 0.2) is 30.3 Å². The van der Waals surface area contributed by atoms with Crippen molar-refractivity contribution < 1.29 is 45.1 Å². The summed E-state index contributed by atoms with van der Waals surface area (Å²) in [5, 5.41) is 1.63. The molecule has 2 atom stereocenters. The van der Waals surface area contributed by atoms with E-state index in [0.29, 0.717) is 18.4 Å². The number of anilines is 1. The third-order valence-electron chi connectivity index (χ3n) is 4.95. The first-order valence-electron chi connectivity index (χ1n) is 10.3. The van der Waals surface area contributed by atoms with Crippen molar-refractivity contribution in [1.29, 1.82) is 0 Å². The van der Waals surface area contributed by atoms with Crippen LogP contribution in [0.4, 0.5) is 36.4 Å². The molecule has 1 amide bonds. The molecule has 0 aromatic heterocycles. The first-order chi connectivity index (χ1) is 15.9. The molecular weight excluding hydrogens is 471 g/mol. The van der Waals surface area contributed by atoms with Crippen LogP contribution in [-0.2, 0) is 15.7 Å². The lowest BCUT2D eigenvalue weighted by Gasteiger charge is -2.32. The summed E-state index contributed by atoms with van der Waals surface area (Å²) < 4.78 is 95.6. The average Bonchev–Trinajstić information content (AvgIpc) is 2.80. The molecule has 0 radical (unpaired) electrons. The van der Waals surface area contributed by atoms with Gasteiger partial charge in [0.2, 0.25) is 5.91 Å². The van der Waals surface area contributed by atoms with E-state index >= 15 is 0 Å². The van der Waals surface area contributed by atoms with Gasteiger partial charge in [-0.05, 0) is 30.9 Å². The summed E-state index contributed by atoms with van der Waals surface area (Å²) in [6.07, 6.45) is -4.50. The number of alkyl halides is 3. The Balaban J connectivity index is 0.000000402. The molecule has 4 nitrogen and oxygen atoms in total. The molecule has 34 heavy (non-hydrogen) atoms. The summed E-state index contributed by atoms with van der Waals surface area (Å²) >= 11 is 0. The van der Waals surface area contributed by atoms with Gasteiger partial charge in [-0.1, -0.05) is 39.0 Å². The molecule has 0 saturated heterocycles. The molecule has 3 rings (SSSR count).